The largest absolute Gasteiger partial charge is 0.361 e. The van der Waals surface area contributed by atoms with Gasteiger partial charge < -0.3 is 9.84 Å². The van der Waals surface area contributed by atoms with Crippen LogP contribution in [0.1, 0.15) is 35.5 Å². The summed E-state index contributed by atoms with van der Waals surface area (Å²) in [7, 11) is 0. The van der Waals surface area contributed by atoms with E-state index in [1.54, 1.807) is 4.52 Å². The fraction of sp³-hybridized carbons (Fsp3) is 0.357. The molecule has 0 saturated heterocycles. The van der Waals surface area contributed by atoms with Gasteiger partial charge in [-0.3, -0.25) is 0 Å². The Bertz CT molecular complexity index is 739. The normalized spacial score (nSPS) is 12.8. The van der Waals surface area contributed by atoms with Crippen LogP contribution in [0.2, 0.25) is 0 Å². The van der Waals surface area contributed by atoms with Crippen molar-refractivity contribution >= 4 is 11.6 Å². The molecule has 6 heteroatoms. The van der Waals surface area contributed by atoms with Gasteiger partial charge in [-0.15, -0.1) is 5.10 Å². The number of anilines is 1. The van der Waals surface area contributed by atoms with Crippen LogP contribution in [0.4, 0.5) is 5.95 Å². The maximum absolute atomic E-state index is 5.19. The average molecular weight is 271 g/mol. The zero-order chi connectivity index (χ0) is 14.3. The van der Waals surface area contributed by atoms with E-state index in [1.807, 2.05) is 46.0 Å². The first kappa shape index (κ1) is 12.7. The predicted molar refractivity (Wildman–Crippen MR) is 75.7 cm³/mol. The first-order chi connectivity index (χ1) is 9.54. The van der Waals surface area contributed by atoms with Gasteiger partial charge in [0.25, 0.3) is 0 Å². The molecule has 0 amide bonds. The minimum atomic E-state index is 0.0414. The molecule has 1 unspecified atom stereocenters. The monoisotopic (exact) mass is 271 g/mol. The van der Waals surface area contributed by atoms with Gasteiger partial charge in [0.05, 0.1) is 11.7 Å². The molecule has 20 heavy (non-hydrogen) atoms. The lowest BCUT2D eigenvalue weighted by Gasteiger charge is -2.11. The van der Waals surface area contributed by atoms with E-state index in [9.17, 15) is 0 Å². The van der Waals surface area contributed by atoms with Gasteiger partial charge in [-0.2, -0.15) is 4.98 Å². The SMILES string of the molecule is Cc1ccc2nc(NC(C)c3c(C)noc3C)nn2c1. The van der Waals surface area contributed by atoms with E-state index in [2.05, 4.69) is 20.6 Å². The highest BCUT2D eigenvalue weighted by atomic mass is 16.5. The van der Waals surface area contributed by atoms with Crippen molar-refractivity contribution in [1.29, 1.82) is 0 Å². The van der Waals surface area contributed by atoms with Crippen LogP contribution < -0.4 is 5.32 Å². The number of fused-ring (bicyclic) bond motifs is 1. The molecule has 0 aromatic carbocycles. The zero-order valence-electron chi connectivity index (χ0n) is 12.0. The van der Waals surface area contributed by atoms with Gasteiger partial charge in [-0.05, 0) is 39.3 Å². The van der Waals surface area contributed by atoms with Crippen molar-refractivity contribution in [1.82, 2.24) is 19.8 Å². The molecule has 0 fully saturated rings. The molecule has 0 aliphatic carbocycles. The van der Waals surface area contributed by atoms with Crippen LogP contribution in [-0.4, -0.2) is 19.8 Å². The number of hydrogen-bond donors (Lipinski definition) is 1. The summed E-state index contributed by atoms with van der Waals surface area (Å²) in [4.78, 5) is 4.45. The number of rotatable bonds is 3. The fourth-order valence-corrected chi connectivity index (χ4v) is 2.42. The van der Waals surface area contributed by atoms with Crippen LogP contribution in [0.5, 0.6) is 0 Å². The molecule has 3 aromatic rings. The minimum Gasteiger partial charge on any atom is -0.361 e. The molecule has 0 spiro atoms. The standard InChI is InChI=1S/C14H17N5O/c1-8-5-6-12-16-14(17-19(12)7-8)15-9(2)13-10(3)18-20-11(13)4/h5-7,9H,1-4H3,(H,15,17). The average Bonchev–Trinajstić information content (AvgIpc) is 2.92. The number of aromatic nitrogens is 4. The van der Waals surface area contributed by atoms with Gasteiger partial charge >= 0.3 is 0 Å². The lowest BCUT2D eigenvalue weighted by Crippen LogP contribution is -2.09. The Hall–Kier alpha value is -2.37. The summed E-state index contributed by atoms with van der Waals surface area (Å²) in [6.45, 7) is 7.92. The van der Waals surface area contributed by atoms with Crippen molar-refractivity contribution in [2.45, 2.75) is 33.7 Å². The Morgan fingerprint density at radius 2 is 2.05 bits per heavy atom. The molecule has 3 aromatic heterocycles. The molecular weight excluding hydrogens is 254 g/mol. The maximum atomic E-state index is 5.19. The second kappa shape index (κ2) is 4.63. The zero-order valence-corrected chi connectivity index (χ0v) is 12.0. The van der Waals surface area contributed by atoms with E-state index >= 15 is 0 Å². The van der Waals surface area contributed by atoms with Gasteiger partial charge in [0.2, 0.25) is 5.95 Å². The fourth-order valence-electron chi connectivity index (χ4n) is 2.42. The van der Waals surface area contributed by atoms with E-state index in [1.165, 1.54) is 0 Å². The Labute approximate surface area is 116 Å². The van der Waals surface area contributed by atoms with Gasteiger partial charge in [0.15, 0.2) is 5.65 Å². The summed E-state index contributed by atoms with van der Waals surface area (Å²) in [5.41, 5.74) is 3.92. The Balaban J connectivity index is 1.89. The molecule has 0 radical (unpaired) electrons. The molecule has 0 bridgehead atoms. The van der Waals surface area contributed by atoms with Crippen molar-refractivity contribution < 1.29 is 4.52 Å². The van der Waals surface area contributed by atoms with E-state index in [4.69, 9.17) is 4.52 Å². The second-order valence-corrected chi connectivity index (χ2v) is 5.05. The first-order valence-corrected chi connectivity index (χ1v) is 6.57. The van der Waals surface area contributed by atoms with E-state index in [0.717, 1.165) is 28.2 Å². The van der Waals surface area contributed by atoms with E-state index in [-0.39, 0.29) is 6.04 Å². The third kappa shape index (κ3) is 2.13. The third-order valence-corrected chi connectivity index (χ3v) is 3.35. The number of aryl methyl sites for hydroxylation is 3. The highest BCUT2D eigenvalue weighted by Gasteiger charge is 2.17. The van der Waals surface area contributed by atoms with Crippen molar-refractivity contribution in [2.75, 3.05) is 5.32 Å². The molecule has 1 atom stereocenters. The molecule has 1 N–H and O–H groups in total. The lowest BCUT2D eigenvalue weighted by atomic mass is 10.1. The van der Waals surface area contributed by atoms with Crippen LogP contribution in [-0.2, 0) is 0 Å². The van der Waals surface area contributed by atoms with Crippen molar-refractivity contribution in [3.8, 4) is 0 Å². The molecule has 6 nitrogen and oxygen atoms in total. The Kier molecular flexibility index (Phi) is 2.93. The number of pyridine rings is 1. The summed E-state index contributed by atoms with van der Waals surface area (Å²) in [6.07, 6.45) is 1.95. The summed E-state index contributed by atoms with van der Waals surface area (Å²) in [5, 5.41) is 11.7. The smallest absolute Gasteiger partial charge is 0.243 e. The maximum Gasteiger partial charge on any atom is 0.243 e. The van der Waals surface area contributed by atoms with Crippen molar-refractivity contribution in [3.63, 3.8) is 0 Å². The van der Waals surface area contributed by atoms with E-state index in [0.29, 0.717) is 5.95 Å². The first-order valence-electron chi connectivity index (χ1n) is 6.57. The van der Waals surface area contributed by atoms with Crippen LogP contribution >= 0.6 is 0 Å². The van der Waals surface area contributed by atoms with Crippen LogP contribution in [0.15, 0.2) is 22.9 Å². The summed E-state index contributed by atoms with van der Waals surface area (Å²) in [6, 6.07) is 4.01. The molecule has 3 heterocycles. The molecule has 0 aliphatic rings. The van der Waals surface area contributed by atoms with Crippen LogP contribution in [0, 0.1) is 20.8 Å². The Morgan fingerprint density at radius 1 is 1.25 bits per heavy atom. The van der Waals surface area contributed by atoms with Gasteiger partial charge in [-0.25, -0.2) is 4.52 Å². The van der Waals surface area contributed by atoms with Gasteiger partial charge in [0, 0.05) is 11.8 Å². The van der Waals surface area contributed by atoms with Gasteiger partial charge in [-0.1, -0.05) is 11.2 Å². The predicted octanol–water partition coefficient (Wildman–Crippen LogP) is 2.82. The molecule has 3 rings (SSSR count). The topological polar surface area (TPSA) is 68.2 Å². The van der Waals surface area contributed by atoms with E-state index < -0.39 is 0 Å². The Morgan fingerprint density at radius 3 is 2.75 bits per heavy atom. The summed E-state index contributed by atoms with van der Waals surface area (Å²) < 4.78 is 6.97. The third-order valence-electron chi connectivity index (χ3n) is 3.35. The van der Waals surface area contributed by atoms with Gasteiger partial charge in [0.1, 0.15) is 5.76 Å². The molecule has 0 saturated carbocycles. The molecule has 104 valence electrons. The quantitative estimate of drug-likeness (QED) is 0.793. The summed E-state index contributed by atoms with van der Waals surface area (Å²) >= 11 is 0. The van der Waals surface area contributed by atoms with Crippen LogP contribution in [0.25, 0.3) is 5.65 Å². The molecule has 0 aliphatic heterocycles. The number of hydrogen-bond acceptors (Lipinski definition) is 5. The summed E-state index contributed by atoms with van der Waals surface area (Å²) in [5.74, 6) is 1.42. The van der Waals surface area contributed by atoms with Crippen LogP contribution in [0.3, 0.4) is 0 Å². The molecular formula is C14H17N5O. The number of nitrogens with one attached hydrogen (secondary N) is 1. The van der Waals surface area contributed by atoms with Crippen molar-refractivity contribution in [2.24, 2.45) is 0 Å². The number of nitrogens with zero attached hydrogens (tertiary/aromatic N) is 4. The lowest BCUT2D eigenvalue weighted by molar-refractivity contribution is 0.392. The minimum absolute atomic E-state index is 0.0414. The second-order valence-electron chi connectivity index (χ2n) is 5.05. The van der Waals surface area contributed by atoms with Crippen molar-refractivity contribution in [3.05, 3.63) is 40.9 Å². The highest BCUT2D eigenvalue weighted by Crippen LogP contribution is 2.23. The highest BCUT2D eigenvalue weighted by molar-refractivity contribution is 5.45.